The van der Waals surface area contributed by atoms with Gasteiger partial charge in [0.2, 0.25) is 0 Å². The van der Waals surface area contributed by atoms with Crippen LogP contribution in [0.5, 0.6) is 0 Å². The van der Waals surface area contributed by atoms with E-state index in [1.54, 1.807) is 18.3 Å². The lowest BCUT2D eigenvalue weighted by molar-refractivity contribution is 0.218. The molecule has 1 aromatic heterocycles. The Morgan fingerprint density at radius 1 is 0.933 bits per heavy atom. The minimum absolute atomic E-state index is 0.322. The highest BCUT2D eigenvalue weighted by atomic mass is 32.2. The van der Waals surface area contributed by atoms with Crippen molar-refractivity contribution < 1.29 is 8.42 Å². The average Bonchev–Trinajstić information content (AvgIpc) is 3.17. The van der Waals surface area contributed by atoms with Crippen molar-refractivity contribution >= 4 is 15.7 Å². The first-order valence-electron chi connectivity index (χ1n) is 10.4. The fraction of sp³-hybridized carbons (Fsp3) is 0.333. The summed E-state index contributed by atoms with van der Waals surface area (Å²) in [6, 6.07) is 19.7. The number of rotatable bonds is 5. The quantitative estimate of drug-likeness (QED) is 0.621. The van der Waals surface area contributed by atoms with E-state index < -0.39 is 10.0 Å². The molecule has 1 aliphatic rings. The van der Waals surface area contributed by atoms with Crippen molar-refractivity contribution in [3.05, 3.63) is 83.7 Å². The lowest BCUT2D eigenvalue weighted by Crippen LogP contribution is -2.51. The minimum Gasteiger partial charge on any atom is -0.366 e. The molecule has 0 radical (unpaired) electrons. The van der Waals surface area contributed by atoms with Crippen LogP contribution >= 0.6 is 0 Å². The molecule has 3 aromatic rings. The molecule has 1 unspecified atom stereocenters. The molecule has 0 N–H and O–H groups in total. The lowest BCUT2D eigenvalue weighted by Gasteiger charge is -2.41. The summed E-state index contributed by atoms with van der Waals surface area (Å²) in [4.78, 5) is 5.10. The van der Waals surface area contributed by atoms with Crippen LogP contribution in [0.25, 0.3) is 0 Å². The van der Waals surface area contributed by atoms with Crippen molar-refractivity contribution in [3.8, 4) is 0 Å². The predicted octanol–water partition coefficient (Wildman–Crippen LogP) is 4.05. The van der Waals surface area contributed by atoms with Crippen LogP contribution in [0.15, 0.2) is 71.8 Å². The van der Waals surface area contributed by atoms with Gasteiger partial charge in [-0.2, -0.15) is 0 Å². The maximum atomic E-state index is 13.1. The normalized spacial score (nSPS) is 18.0. The van der Waals surface area contributed by atoms with Crippen LogP contribution in [0.4, 0.5) is 5.69 Å². The highest BCUT2D eigenvalue weighted by molar-refractivity contribution is 7.90. The van der Waals surface area contributed by atoms with E-state index in [1.807, 2.05) is 31.2 Å². The molecule has 0 amide bonds. The Bertz CT molecular complexity index is 1120. The summed E-state index contributed by atoms with van der Waals surface area (Å²) in [5.41, 5.74) is 4.36. The third-order valence-electron chi connectivity index (χ3n) is 5.80. The first-order chi connectivity index (χ1) is 14.3. The van der Waals surface area contributed by atoms with E-state index in [-0.39, 0.29) is 0 Å². The molecule has 1 saturated heterocycles. The van der Waals surface area contributed by atoms with Crippen molar-refractivity contribution in [2.45, 2.75) is 38.3 Å². The number of hydrogen-bond donors (Lipinski definition) is 0. The Morgan fingerprint density at radius 3 is 2.40 bits per heavy atom. The van der Waals surface area contributed by atoms with Gasteiger partial charge in [-0.3, -0.25) is 4.90 Å². The summed E-state index contributed by atoms with van der Waals surface area (Å²) >= 11 is 0. The van der Waals surface area contributed by atoms with Gasteiger partial charge >= 0.3 is 0 Å². The number of aromatic nitrogens is 1. The van der Waals surface area contributed by atoms with Gasteiger partial charge in [0.1, 0.15) is 0 Å². The van der Waals surface area contributed by atoms with E-state index in [2.05, 4.69) is 47.9 Å². The molecule has 30 heavy (non-hydrogen) atoms. The van der Waals surface area contributed by atoms with Crippen LogP contribution in [0, 0.1) is 13.8 Å². The maximum Gasteiger partial charge on any atom is 0.267 e. The highest BCUT2D eigenvalue weighted by Crippen LogP contribution is 2.24. The molecule has 2 heterocycles. The first-order valence-corrected chi connectivity index (χ1v) is 11.8. The van der Waals surface area contributed by atoms with E-state index in [1.165, 1.54) is 15.2 Å². The zero-order valence-electron chi connectivity index (χ0n) is 17.8. The van der Waals surface area contributed by atoms with Crippen molar-refractivity contribution in [2.75, 3.05) is 24.5 Å². The van der Waals surface area contributed by atoms with Gasteiger partial charge in [0, 0.05) is 49.8 Å². The first kappa shape index (κ1) is 20.7. The van der Waals surface area contributed by atoms with Gasteiger partial charge < -0.3 is 4.90 Å². The largest absolute Gasteiger partial charge is 0.366 e. The topological polar surface area (TPSA) is 45.6 Å². The average molecular weight is 424 g/mol. The van der Waals surface area contributed by atoms with E-state index >= 15 is 0 Å². The van der Waals surface area contributed by atoms with Crippen molar-refractivity contribution in [3.63, 3.8) is 0 Å². The fourth-order valence-electron chi connectivity index (χ4n) is 4.18. The molecule has 158 valence electrons. The molecule has 0 aliphatic carbocycles. The molecule has 1 fully saturated rings. The van der Waals surface area contributed by atoms with Crippen LogP contribution in [0.3, 0.4) is 0 Å². The van der Waals surface area contributed by atoms with Gasteiger partial charge in [0.15, 0.2) is 0 Å². The van der Waals surface area contributed by atoms with Gasteiger partial charge in [0.05, 0.1) is 4.90 Å². The summed E-state index contributed by atoms with van der Waals surface area (Å²) in [6.07, 6.45) is 1.65. The van der Waals surface area contributed by atoms with Gasteiger partial charge in [-0.25, -0.2) is 12.4 Å². The van der Waals surface area contributed by atoms with Crippen molar-refractivity contribution in [1.82, 2.24) is 8.87 Å². The molecule has 6 heteroatoms. The fourth-order valence-corrected chi connectivity index (χ4v) is 5.54. The molecule has 0 spiro atoms. The molecule has 4 rings (SSSR count). The number of benzene rings is 2. The van der Waals surface area contributed by atoms with Gasteiger partial charge in [0.25, 0.3) is 10.0 Å². The second-order valence-corrected chi connectivity index (χ2v) is 10.0. The molecular weight excluding hydrogens is 394 g/mol. The Labute approximate surface area is 179 Å². The molecule has 0 bridgehead atoms. The van der Waals surface area contributed by atoms with Gasteiger partial charge in [-0.05, 0) is 62.7 Å². The maximum absolute atomic E-state index is 13.1. The van der Waals surface area contributed by atoms with Crippen LogP contribution in [0.1, 0.15) is 23.7 Å². The number of aryl methyl sites for hydroxylation is 2. The highest BCUT2D eigenvalue weighted by Gasteiger charge is 2.26. The molecule has 5 nitrogen and oxygen atoms in total. The molecule has 2 aromatic carbocycles. The second kappa shape index (κ2) is 8.28. The SMILES string of the molecule is Cc1ccc(S(=O)(=O)n2cccc2CN2CCN(c3cccc(C)c3)C(C)C2)cc1. The lowest BCUT2D eigenvalue weighted by atomic mass is 10.1. The Kier molecular flexibility index (Phi) is 5.71. The van der Waals surface area contributed by atoms with Crippen molar-refractivity contribution in [2.24, 2.45) is 0 Å². The Balaban J connectivity index is 1.49. The minimum atomic E-state index is -3.59. The summed E-state index contributed by atoms with van der Waals surface area (Å²) in [6.45, 7) is 9.64. The summed E-state index contributed by atoms with van der Waals surface area (Å²) in [5, 5.41) is 0. The number of piperazine rings is 1. The smallest absolute Gasteiger partial charge is 0.267 e. The summed E-state index contributed by atoms with van der Waals surface area (Å²) < 4.78 is 27.7. The third kappa shape index (κ3) is 4.16. The van der Waals surface area contributed by atoms with E-state index in [0.717, 1.165) is 30.9 Å². The molecule has 1 atom stereocenters. The summed E-state index contributed by atoms with van der Waals surface area (Å²) in [7, 11) is -3.59. The number of nitrogens with zero attached hydrogens (tertiary/aromatic N) is 3. The third-order valence-corrected chi connectivity index (χ3v) is 7.54. The molecule has 0 saturated carbocycles. The van der Waals surface area contributed by atoms with Crippen LogP contribution in [0.2, 0.25) is 0 Å². The van der Waals surface area contributed by atoms with Crippen LogP contribution in [-0.4, -0.2) is 43.0 Å². The van der Waals surface area contributed by atoms with Gasteiger partial charge in [-0.1, -0.05) is 29.8 Å². The number of anilines is 1. The predicted molar refractivity (Wildman–Crippen MR) is 121 cm³/mol. The standard InChI is InChI=1S/C24H29N3O2S/c1-19-9-11-24(12-10-19)30(28,29)27-13-5-8-23(27)18-25-14-15-26(21(3)17-25)22-7-4-6-20(2)16-22/h4-13,16,21H,14-15,17-18H2,1-3H3. The Morgan fingerprint density at radius 2 is 1.70 bits per heavy atom. The van der Waals surface area contributed by atoms with E-state index in [4.69, 9.17) is 0 Å². The van der Waals surface area contributed by atoms with Gasteiger partial charge in [-0.15, -0.1) is 0 Å². The zero-order chi connectivity index (χ0) is 21.3. The van der Waals surface area contributed by atoms with E-state index in [0.29, 0.717) is 17.5 Å². The zero-order valence-corrected chi connectivity index (χ0v) is 18.6. The van der Waals surface area contributed by atoms with E-state index in [9.17, 15) is 8.42 Å². The second-order valence-electron chi connectivity index (χ2n) is 8.23. The molecular formula is C24H29N3O2S. The number of hydrogen-bond acceptors (Lipinski definition) is 4. The monoisotopic (exact) mass is 423 g/mol. The summed E-state index contributed by atoms with van der Waals surface area (Å²) in [5.74, 6) is 0. The molecule has 1 aliphatic heterocycles. The Hall–Kier alpha value is -2.57. The van der Waals surface area contributed by atoms with Crippen LogP contribution < -0.4 is 4.90 Å². The van der Waals surface area contributed by atoms with Crippen molar-refractivity contribution in [1.29, 1.82) is 0 Å². The van der Waals surface area contributed by atoms with Crippen LogP contribution in [-0.2, 0) is 16.6 Å².